The fraction of sp³-hybridized carbons (Fsp3) is 0.0556. The Morgan fingerprint density at radius 1 is 0.850 bits per heavy atom. The van der Waals surface area contributed by atoms with Gasteiger partial charge in [-0.2, -0.15) is 0 Å². The van der Waals surface area contributed by atoms with E-state index in [1.54, 1.807) is 0 Å². The fourth-order valence-electron chi connectivity index (χ4n) is 2.15. The third kappa shape index (κ3) is 3.06. The normalized spacial score (nSPS) is 16.2. The van der Waals surface area contributed by atoms with E-state index in [1.807, 2.05) is 30.3 Å². The van der Waals surface area contributed by atoms with Crippen molar-refractivity contribution in [2.24, 2.45) is 4.99 Å². The van der Waals surface area contributed by atoms with Crippen LogP contribution in [-0.2, 0) is 0 Å². The van der Waals surface area contributed by atoms with Crippen LogP contribution in [-0.4, -0.2) is 5.71 Å². The maximum Gasteiger partial charge on any atom is 0.0634 e. The molecule has 0 aliphatic heterocycles. The molecule has 2 aromatic rings. The average molecular weight is 280 g/mol. The van der Waals surface area contributed by atoms with Crippen LogP contribution < -0.4 is 0 Å². The van der Waals surface area contributed by atoms with Gasteiger partial charge in [0, 0.05) is 17.2 Å². The number of halogens is 1. The van der Waals surface area contributed by atoms with Gasteiger partial charge in [-0.1, -0.05) is 54.1 Å². The highest BCUT2D eigenvalue weighted by Crippen LogP contribution is 2.22. The molecular weight excluding hydrogens is 266 g/mol. The number of hydrogen-bond donors (Lipinski definition) is 0. The van der Waals surface area contributed by atoms with Gasteiger partial charge in [0.05, 0.1) is 5.69 Å². The van der Waals surface area contributed by atoms with Crippen LogP contribution in [0.4, 0.5) is 5.69 Å². The molecule has 2 aromatic carbocycles. The minimum Gasteiger partial charge on any atom is -0.253 e. The van der Waals surface area contributed by atoms with Crippen LogP contribution in [0.25, 0.3) is 5.57 Å². The van der Waals surface area contributed by atoms with Crippen molar-refractivity contribution in [3.63, 3.8) is 0 Å². The van der Waals surface area contributed by atoms with Crippen molar-refractivity contribution in [1.82, 2.24) is 0 Å². The maximum atomic E-state index is 5.87. The minimum atomic E-state index is 0.736. The number of aliphatic imine (C=N–C) groups is 1. The number of rotatable bonds is 2. The Bertz CT molecular complexity index is 679. The Hall–Kier alpha value is -2.12. The second-order valence-corrected chi connectivity index (χ2v) is 5.08. The van der Waals surface area contributed by atoms with Gasteiger partial charge in [0.2, 0.25) is 0 Å². The minimum absolute atomic E-state index is 0.736. The molecule has 98 valence electrons. The monoisotopic (exact) mass is 279 g/mol. The van der Waals surface area contributed by atoms with Crippen LogP contribution in [0.15, 0.2) is 77.8 Å². The Labute approximate surface area is 123 Å². The molecule has 0 atom stereocenters. The summed E-state index contributed by atoms with van der Waals surface area (Å²) in [5.74, 6) is 0. The lowest BCUT2D eigenvalue weighted by Crippen LogP contribution is -1.97. The van der Waals surface area contributed by atoms with E-state index in [4.69, 9.17) is 11.6 Å². The highest BCUT2D eigenvalue weighted by molar-refractivity contribution is 6.30. The molecule has 20 heavy (non-hydrogen) atoms. The molecule has 0 bridgehead atoms. The number of benzene rings is 2. The summed E-state index contributed by atoms with van der Waals surface area (Å²) in [5.41, 5.74) is 4.49. The Kier molecular flexibility index (Phi) is 3.80. The molecule has 3 rings (SSSR count). The van der Waals surface area contributed by atoms with Gasteiger partial charge in [-0.25, -0.2) is 0 Å². The summed E-state index contributed by atoms with van der Waals surface area (Å²) in [5, 5.41) is 0.736. The van der Waals surface area contributed by atoms with Crippen LogP contribution in [0.1, 0.15) is 12.0 Å². The van der Waals surface area contributed by atoms with Crippen LogP contribution in [0.5, 0.6) is 0 Å². The molecule has 0 unspecified atom stereocenters. The predicted octanol–water partition coefficient (Wildman–Crippen LogP) is 5.46. The van der Waals surface area contributed by atoms with E-state index in [-0.39, 0.29) is 0 Å². The third-order valence-corrected chi connectivity index (χ3v) is 3.44. The summed E-state index contributed by atoms with van der Waals surface area (Å²) < 4.78 is 0. The van der Waals surface area contributed by atoms with Gasteiger partial charge in [-0.05, 0) is 41.5 Å². The Morgan fingerprint density at radius 3 is 2.25 bits per heavy atom. The summed E-state index contributed by atoms with van der Waals surface area (Å²) in [6, 6.07) is 18.0. The molecule has 0 N–H and O–H groups in total. The van der Waals surface area contributed by atoms with Crippen LogP contribution in [0.3, 0.4) is 0 Å². The molecule has 1 nitrogen and oxygen atoms in total. The first-order chi connectivity index (χ1) is 9.81. The Morgan fingerprint density at radius 2 is 1.60 bits per heavy atom. The van der Waals surface area contributed by atoms with Gasteiger partial charge in [-0.15, -0.1) is 0 Å². The molecule has 0 fully saturated rings. The Balaban J connectivity index is 1.77. The van der Waals surface area contributed by atoms with Crippen molar-refractivity contribution in [2.45, 2.75) is 6.42 Å². The van der Waals surface area contributed by atoms with Gasteiger partial charge in [0.15, 0.2) is 0 Å². The third-order valence-electron chi connectivity index (χ3n) is 3.19. The SMILES string of the molecule is Clc1ccc(N=C2C=CC(c3ccccc3)=CC2)cc1. The van der Waals surface area contributed by atoms with Crippen LogP contribution >= 0.6 is 11.6 Å². The summed E-state index contributed by atoms with van der Waals surface area (Å²) in [7, 11) is 0. The number of allylic oxidation sites excluding steroid dienone is 4. The van der Waals surface area contributed by atoms with E-state index in [0.717, 1.165) is 22.8 Å². The van der Waals surface area contributed by atoms with Crippen LogP contribution in [0, 0.1) is 0 Å². The van der Waals surface area contributed by atoms with Gasteiger partial charge in [0.1, 0.15) is 0 Å². The zero-order chi connectivity index (χ0) is 13.8. The molecule has 0 aromatic heterocycles. The second kappa shape index (κ2) is 5.89. The average Bonchev–Trinajstić information content (AvgIpc) is 2.51. The van der Waals surface area contributed by atoms with Gasteiger partial charge < -0.3 is 0 Å². The summed E-state index contributed by atoms with van der Waals surface area (Å²) in [6.07, 6.45) is 7.26. The first-order valence-corrected chi connectivity index (χ1v) is 6.96. The molecule has 1 aliphatic carbocycles. The van der Waals surface area contributed by atoms with Crippen molar-refractivity contribution < 1.29 is 0 Å². The smallest absolute Gasteiger partial charge is 0.0634 e. The molecule has 0 amide bonds. The van der Waals surface area contributed by atoms with E-state index < -0.39 is 0 Å². The lowest BCUT2D eigenvalue weighted by atomic mass is 9.99. The molecule has 0 spiro atoms. The van der Waals surface area contributed by atoms with E-state index in [1.165, 1.54) is 11.1 Å². The van der Waals surface area contributed by atoms with Crippen molar-refractivity contribution in [3.05, 3.63) is 83.4 Å². The zero-order valence-corrected chi connectivity index (χ0v) is 11.7. The highest BCUT2D eigenvalue weighted by atomic mass is 35.5. The predicted molar refractivity (Wildman–Crippen MR) is 86.7 cm³/mol. The lowest BCUT2D eigenvalue weighted by molar-refractivity contribution is 1.39. The van der Waals surface area contributed by atoms with E-state index >= 15 is 0 Å². The van der Waals surface area contributed by atoms with Crippen molar-refractivity contribution in [2.75, 3.05) is 0 Å². The van der Waals surface area contributed by atoms with E-state index in [0.29, 0.717) is 0 Å². The lowest BCUT2D eigenvalue weighted by Gasteiger charge is -2.09. The summed E-state index contributed by atoms with van der Waals surface area (Å²) >= 11 is 5.87. The second-order valence-electron chi connectivity index (χ2n) is 4.64. The topological polar surface area (TPSA) is 12.4 Å². The molecule has 0 radical (unpaired) electrons. The van der Waals surface area contributed by atoms with Crippen molar-refractivity contribution in [1.29, 1.82) is 0 Å². The van der Waals surface area contributed by atoms with Crippen LogP contribution in [0.2, 0.25) is 5.02 Å². The maximum absolute atomic E-state index is 5.87. The largest absolute Gasteiger partial charge is 0.253 e. The van der Waals surface area contributed by atoms with Crippen molar-refractivity contribution in [3.8, 4) is 0 Å². The standard InChI is InChI=1S/C18H14ClN/c19-16-8-12-18(13-9-16)20-17-10-6-15(7-11-17)14-4-2-1-3-5-14/h1-10,12-13H,11H2. The van der Waals surface area contributed by atoms with E-state index in [9.17, 15) is 0 Å². The molecule has 2 heteroatoms. The van der Waals surface area contributed by atoms with Gasteiger partial charge in [0.25, 0.3) is 0 Å². The molecule has 1 aliphatic rings. The van der Waals surface area contributed by atoms with Gasteiger partial charge >= 0.3 is 0 Å². The molecule has 0 saturated heterocycles. The summed E-state index contributed by atoms with van der Waals surface area (Å²) in [6.45, 7) is 0. The molecule has 0 heterocycles. The number of nitrogens with zero attached hydrogens (tertiary/aromatic N) is 1. The zero-order valence-electron chi connectivity index (χ0n) is 11.0. The molecule has 0 saturated carbocycles. The van der Waals surface area contributed by atoms with Crippen molar-refractivity contribution >= 4 is 28.6 Å². The summed E-state index contributed by atoms with van der Waals surface area (Å²) in [4.78, 5) is 4.61. The molecular formula is C18H14ClN. The number of hydrogen-bond acceptors (Lipinski definition) is 1. The fourth-order valence-corrected chi connectivity index (χ4v) is 2.27. The first kappa shape index (κ1) is 12.9. The van der Waals surface area contributed by atoms with Gasteiger partial charge in [-0.3, -0.25) is 4.99 Å². The highest BCUT2D eigenvalue weighted by Gasteiger charge is 2.04. The quantitative estimate of drug-likeness (QED) is 0.692. The first-order valence-electron chi connectivity index (χ1n) is 6.58. The van der Waals surface area contributed by atoms with E-state index in [2.05, 4.69) is 47.5 Å².